The molecule has 0 atom stereocenters. The summed E-state index contributed by atoms with van der Waals surface area (Å²) in [6.07, 6.45) is 0. The average Bonchev–Trinajstić information content (AvgIpc) is 2.36. The molecule has 0 heterocycles. The van der Waals surface area contributed by atoms with Gasteiger partial charge in [0.25, 0.3) is 0 Å². The van der Waals surface area contributed by atoms with Crippen molar-refractivity contribution in [3.8, 4) is 0 Å². The first kappa shape index (κ1) is 15.1. The maximum Gasteiger partial charge on any atom is 0.193 e. The van der Waals surface area contributed by atoms with Crippen LogP contribution in [0.3, 0.4) is 0 Å². The highest BCUT2D eigenvalue weighted by Crippen LogP contribution is 2.24. The Kier molecular flexibility index (Phi) is 4.22. The fourth-order valence-corrected chi connectivity index (χ4v) is 2.50. The van der Waals surface area contributed by atoms with Gasteiger partial charge in [-0.05, 0) is 29.2 Å². The summed E-state index contributed by atoms with van der Waals surface area (Å²) in [6.45, 7) is 6.42. The van der Waals surface area contributed by atoms with Crippen molar-refractivity contribution in [1.82, 2.24) is 0 Å². The van der Waals surface area contributed by atoms with Crippen molar-refractivity contribution < 1.29 is 4.79 Å². The molecule has 20 heavy (non-hydrogen) atoms. The van der Waals surface area contributed by atoms with E-state index in [-0.39, 0.29) is 11.2 Å². The minimum absolute atomic E-state index is 0.0704. The Morgan fingerprint density at radius 1 is 0.850 bits per heavy atom. The lowest BCUT2D eigenvalue weighted by atomic mass is 9.86. The van der Waals surface area contributed by atoms with Gasteiger partial charge < -0.3 is 0 Å². The molecule has 1 nitrogen and oxygen atoms in total. The molecule has 0 fully saturated rings. The molecule has 2 aromatic rings. The number of carbonyl (C=O) groups excluding carboxylic acids is 1. The summed E-state index contributed by atoms with van der Waals surface area (Å²) in [5, 5.41) is 0.930. The van der Waals surface area contributed by atoms with Crippen molar-refractivity contribution in [3.05, 3.63) is 69.2 Å². The van der Waals surface area contributed by atoms with Crippen molar-refractivity contribution in [3.63, 3.8) is 0 Å². The lowest BCUT2D eigenvalue weighted by Gasteiger charge is -2.19. The van der Waals surface area contributed by atoms with Crippen LogP contribution in [-0.4, -0.2) is 5.78 Å². The molecule has 0 aliphatic heterocycles. The highest BCUT2D eigenvalue weighted by atomic mass is 35.5. The van der Waals surface area contributed by atoms with Gasteiger partial charge in [0, 0.05) is 21.2 Å². The second kappa shape index (κ2) is 5.59. The number of ketones is 1. The minimum Gasteiger partial charge on any atom is -0.289 e. The zero-order valence-electron chi connectivity index (χ0n) is 11.7. The van der Waals surface area contributed by atoms with Gasteiger partial charge >= 0.3 is 0 Å². The van der Waals surface area contributed by atoms with E-state index in [1.807, 2.05) is 24.3 Å². The molecule has 0 unspecified atom stereocenters. The zero-order valence-corrected chi connectivity index (χ0v) is 13.2. The highest BCUT2D eigenvalue weighted by molar-refractivity contribution is 6.35. The van der Waals surface area contributed by atoms with Gasteiger partial charge in [0.05, 0.1) is 0 Å². The normalized spacial score (nSPS) is 11.4. The smallest absolute Gasteiger partial charge is 0.193 e. The summed E-state index contributed by atoms with van der Waals surface area (Å²) in [5.74, 6) is -0.0742. The molecule has 3 heteroatoms. The molecule has 0 spiro atoms. The molecule has 0 radical (unpaired) electrons. The zero-order chi connectivity index (χ0) is 14.9. The summed E-state index contributed by atoms with van der Waals surface area (Å²) in [4.78, 5) is 12.4. The van der Waals surface area contributed by atoms with E-state index >= 15 is 0 Å². The van der Waals surface area contributed by atoms with E-state index in [1.54, 1.807) is 18.2 Å². The molecule has 0 saturated carbocycles. The van der Waals surface area contributed by atoms with Crippen molar-refractivity contribution in [1.29, 1.82) is 0 Å². The molecule has 104 valence electrons. The first-order chi connectivity index (χ1) is 9.27. The second-order valence-corrected chi connectivity index (χ2v) is 6.69. The molecule has 0 amide bonds. The molecule has 0 aliphatic rings. The van der Waals surface area contributed by atoms with E-state index in [2.05, 4.69) is 20.8 Å². The number of hydrogen-bond donors (Lipinski definition) is 0. The van der Waals surface area contributed by atoms with Gasteiger partial charge in [-0.1, -0.05) is 68.2 Å². The molecule has 0 aromatic heterocycles. The Morgan fingerprint density at radius 2 is 1.35 bits per heavy atom. The van der Waals surface area contributed by atoms with Crippen LogP contribution in [0, 0.1) is 0 Å². The fourth-order valence-electron chi connectivity index (χ4n) is 1.97. The summed E-state index contributed by atoms with van der Waals surface area (Å²) >= 11 is 11.9. The van der Waals surface area contributed by atoms with Crippen LogP contribution in [0.2, 0.25) is 10.0 Å². The Bertz CT molecular complexity index is 617. The first-order valence-corrected chi connectivity index (χ1v) is 7.14. The van der Waals surface area contributed by atoms with E-state index in [0.717, 1.165) is 0 Å². The lowest BCUT2D eigenvalue weighted by molar-refractivity contribution is 0.103. The Balaban J connectivity index is 2.34. The van der Waals surface area contributed by atoms with Crippen LogP contribution in [0.25, 0.3) is 0 Å². The molecule has 2 rings (SSSR count). The van der Waals surface area contributed by atoms with E-state index in [0.29, 0.717) is 21.2 Å². The highest BCUT2D eigenvalue weighted by Gasteiger charge is 2.15. The lowest BCUT2D eigenvalue weighted by Crippen LogP contribution is -2.11. The average molecular weight is 307 g/mol. The number of carbonyl (C=O) groups is 1. The standard InChI is InChI=1S/C17H16Cl2O/c1-17(2,3)13-6-4-11(5-7-13)16(20)12-8-14(18)10-15(19)9-12/h4-10H,1-3H3. The van der Waals surface area contributed by atoms with Crippen molar-refractivity contribution in [2.24, 2.45) is 0 Å². The van der Waals surface area contributed by atoms with Crippen LogP contribution in [-0.2, 0) is 5.41 Å². The van der Waals surface area contributed by atoms with Gasteiger partial charge in [0.2, 0.25) is 0 Å². The Hall–Kier alpha value is -1.31. The van der Waals surface area contributed by atoms with Gasteiger partial charge in [-0.2, -0.15) is 0 Å². The van der Waals surface area contributed by atoms with Crippen LogP contribution < -0.4 is 0 Å². The largest absolute Gasteiger partial charge is 0.289 e. The third-order valence-corrected chi connectivity index (χ3v) is 3.57. The molecular formula is C17H16Cl2O. The van der Waals surface area contributed by atoms with Crippen molar-refractivity contribution in [2.75, 3.05) is 0 Å². The fraction of sp³-hybridized carbons (Fsp3) is 0.235. The number of rotatable bonds is 2. The maximum atomic E-state index is 12.4. The van der Waals surface area contributed by atoms with Gasteiger partial charge in [0.1, 0.15) is 0 Å². The number of halogens is 2. The summed E-state index contributed by atoms with van der Waals surface area (Å²) in [7, 11) is 0. The van der Waals surface area contributed by atoms with Gasteiger partial charge in [-0.15, -0.1) is 0 Å². The molecular weight excluding hydrogens is 291 g/mol. The molecule has 0 aliphatic carbocycles. The summed E-state index contributed by atoms with van der Waals surface area (Å²) in [6, 6.07) is 12.5. The topological polar surface area (TPSA) is 17.1 Å². The number of benzene rings is 2. The predicted molar refractivity (Wildman–Crippen MR) is 85.0 cm³/mol. The van der Waals surface area contributed by atoms with Gasteiger partial charge in [-0.3, -0.25) is 4.79 Å². The Morgan fingerprint density at radius 3 is 1.80 bits per heavy atom. The predicted octanol–water partition coefficient (Wildman–Crippen LogP) is 5.52. The Labute approximate surface area is 129 Å². The molecule has 0 N–H and O–H groups in total. The van der Waals surface area contributed by atoms with Crippen molar-refractivity contribution in [2.45, 2.75) is 26.2 Å². The second-order valence-electron chi connectivity index (χ2n) is 5.81. The first-order valence-electron chi connectivity index (χ1n) is 6.39. The third-order valence-electron chi connectivity index (χ3n) is 3.14. The van der Waals surface area contributed by atoms with Crippen LogP contribution in [0.1, 0.15) is 42.3 Å². The van der Waals surface area contributed by atoms with Crippen LogP contribution in [0.15, 0.2) is 42.5 Å². The monoisotopic (exact) mass is 306 g/mol. The van der Waals surface area contributed by atoms with Gasteiger partial charge in [-0.25, -0.2) is 0 Å². The van der Waals surface area contributed by atoms with E-state index in [9.17, 15) is 4.79 Å². The van der Waals surface area contributed by atoms with E-state index in [4.69, 9.17) is 23.2 Å². The van der Waals surface area contributed by atoms with Crippen LogP contribution >= 0.6 is 23.2 Å². The quantitative estimate of drug-likeness (QED) is 0.667. The SMILES string of the molecule is CC(C)(C)c1ccc(C(=O)c2cc(Cl)cc(Cl)c2)cc1. The van der Waals surface area contributed by atoms with Crippen molar-refractivity contribution >= 4 is 29.0 Å². The summed E-state index contributed by atoms with van der Waals surface area (Å²) < 4.78 is 0. The summed E-state index contributed by atoms with van der Waals surface area (Å²) in [5.41, 5.74) is 2.40. The maximum absolute atomic E-state index is 12.4. The molecule has 0 bridgehead atoms. The van der Waals surface area contributed by atoms with Crippen LogP contribution in [0.5, 0.6) is 0 Å². The van der Waals surface area contributed by atoms with E-state index < -0.39 is 0 Å². The molecule has 0 saturated heterocycles. The minimum atomic E-state index is -0.0742. The number of hydrogen-bond acceptors (Lipinski definition) is 1. The van der Waals surface area contributed by atoms with E-state index in [1.165, 1.54) is 5.56 Å². The third kappa shape index (κ3) is 3.41. The van der Waals surface area contributed by atoms with Gasteiger partial charge in [0.15, 0.2) is 5.78 Å². The molecule has 2 aromatic carbocycles. The van der Waals surface area contributed by atoms with Crippen LogP contribution in [0.4, 0.5) is 0 Å².